The molecule has 0 atom stereocenters. The van der Waals surface area contributed by atoms with Gasteiger partial charge in [-0.05, 0) is 33.6 Å². The fraction of sp³-hybridized carbons (Fsp3) is 0.867. The summed E-state index contributed by atoms with van der Waals surface area (Å²) in [5, 5.41) is 6.29. The van der Waals surface area contributed by atoms with E-state index >= 15 is 0 Å². The number of nitrogens with one attached hydrogen (secondary N) is 1. The minimum absolute atomic E-state index is 0.165. The van der Waals surface area contributed by atoms with Crippen LogP contribution in [0.3, 0.4) is 0 Å². The lowest BCUT2D eigenvalue weighted by Crippen LogP contribution is -2.39. The Morgan fingerprint density at radius 3 is 2.40 bits per heavy atom. The number of piperidine rings is 1. The maximum Gasteiger partial charge on any atom is 0.330 e. The second kappa shape index (κ2) is 6.57. The van der Waals surface area contributed by atoms with E-state index < -0.39 is 5.41 Å². The van der Waals surface area contributed by atoms with Gasteiger partial charge in [-0.25, -0.2) is 4.79 Å². The highest BCUT2D eigenvalue weighted by molar-refractivity contribution is 5.85. The third-order valence-electron chi connectivity index (χ3n) is 3.88. The summed E-state index contributed by atoms with van der Waals surface area (Å²) in [6, 6.07) is 0.569. The third-order valence-corrected chi connectivity index (χ3v) is 3.88. The molecular formula is C15H27N3O2. The zero-order chi connectivity index (χ0) is 14.6. The lowest BCUT2D eigenvalue weighted by atomic mass is 9.98. The van der Waals surface area contributed by atoms with Crippen molar-refractivity contribution in [2.45, 2.75) is 65.3 Å². The standard InChI is InChI=1S/C15H27N3O2/c1-15(2,3)14(19)20-18-10-8-13(9-11-18)17-16-12-6-4-5-7-12/h12,16H,4-11H2,1-3H3. The van der Waals surface area contributed by atoms with Crippen molar-refractivity contribution in [3.8, 4) is 0 Å². The van der Waals surface area contributed by atoms with Crippen molar-refractivity contribution in [3.63, 3.8) is 0 Å². The molecular weight excluding hydrogens is 254 g/mol. The van der Waals surface area contributed by atoms with Crippen LogP contribution in [0.25, 0.3) is 0 Å². The third kappa shape index (κ3) is 4.47. The molecule has 1 saturated carbocycles. The van der Waals surface area contributed by atoms with Crippen LogP contribution < -0.4 is 5.43 Å². The van der Waals surface area contributed by atoms with Crippen LogP contribution in [0.2, 0.25) is 0 Å². The van der Waals surface area contributed by atoms with E-state index in [-0.39, 0.29) is 5.97 Å². The highest BCUT2D eigenvalue weighted by Gasteiger charge is 2.27. The van der Waals surface area contributed by atoms with E-state index in [4.69, 9.17) is 4.84 Å². The predicted octanol–water partition coefficient (Wildman–Crippen LogP) is 2.47. The van der Waals surface area contributed by atoms with E-state index in [2.05, 4.69) is 10.5 Å². The van der Waals surface area contributed by atoms with Gasteiger partial charge in [-0.3, -0.25) is 0 Å². The first kappa shape index (κ1) is 15.3. The van der Waals surface area contributed by atoms with E-state index in [9.17, 15) is 4.79 Å². The van der Waals surface area contributed by atoms with Gasteiger partial charge in [0.05, 0.1) is 5.41 Å². The number of carbonyl (C=O) groups is 1. The average molecular weight is 281 g/mol. The summed E-state index contributed by atoms with van der Waals surface area (Å²) in [5.41, 5.74) is 4.04. The quantitative estimate of drug-likeness (QED) is 0.807. The molecule has 114 valence electrons. The Morgan fingerprint density at radius 1 is 1.25 bits per heavy atom. The van der Waals surface area contributed by atoms with Gasteiger partial charge < -0.3 is 10.3 Å². The molecule has 1 saturated heterocycles. The first-order chi connectivity index (χ1) is 9.45. The topological polar surface area (TPSA) is 53.9 Å². The monoisotopic (exact) mass is 281 g/mol. The highest BCUT2D eigenvalue weighted by atomic mass is 16.7. The second-order valence-corrected chi connectivity index (χ2v) is 6.85. The van der Waals surface area contributed by atoms with Gasteiger partial charge in [0.25, 0.3) is 0 Å². The Labute approximate surface area is 121 Å². The first-order valence-corrected chi connectivity index (χ1v) is 7.73. The predicted molar refractivity (Wildman–Crippen MR) is 79.2 cm³/mol. The summed E-state index contributed by atoms with van der Waals surface area (Å²) in [6.45, 7) is 7.10. The molecule has 0 unspecified atom stereocenters. The van der Waals surface area contributed by atoms with Crippen molar-refractivity contribution in [1.82, 2.24) is 10.5 Å². The Balaban J connectivity index is 1.72. The first-order valence-electron chi connectivity index (χ1n) is 7.73. The molecule has 0 aromatic rings. The van der Waals surface area contributed by atoms with Crippen molar-refractivity contribution in [2.24, 2.45) is 10.5 Å². The molecule has 2 rings (SSSR count). The van der Waals surface area contributed by atoms with Crippen molar-refractivity contribution in [2.75, 3.05) is 13.1 Å². The molecule has 0 aromatic heterocycles. The minimum atomic E-state index is -0.446. The summed E-state index contributed by atoms with van der Waals surface area (Å²) in [4.78, 5) is 17.2. The minimum Gasteiger partial charge on any atom is -0.367 e. The normalized spacial score (nSPS) is 21.9. The molecule has 20 heavy (non-hydrogen) atoms. The zero-order valence-corrected chi connectivity index (χ0v) is 12.9. The van der Waals surface area contributed by atoms with E-state index in [1.807, 2.05) is 20.8 Å². The van der Waals surface area contributed by atoms with Gasteiger partial charge in [0, 0.05) is 37.7 Å². The number of hydrazone groups is 1. The maximum atomic E-state index is 11.8. The van der Waals surface area contributed by atoms with Crippen LogP contribution in [0.4, 0.5) is 0 Å². The van der Waals surface area contributed by atoms with Crippen molar-refractivity contribution in [3.05, 3.63) is 0 Å². The van der Waals surface area contributed by atoms with Gasteiger partial charge in [0.2, 0.25) is 0 Å². The van der Waals surface area contributed by atoms with Crippen LogP contribution in [-0.2, 0) is 9.63 Å². The fourth-order valence-electron chi connectivity index (χ4n) is 2.44. The summed E-state index contributed by atoms with van der Waals surface area (Å²) in [5.74, 6) is -0.165. The van der Waals surface area contributed by atoms with Gasteiger partial charge in [0.15, 0.2) is 0 Å². The number of carbonyl (C=O) groups excluding carboxylic acids is 1. The molecule has 0 spiro atoms. The van der Waals surface area contributed by atoms with Gasteiger partial charge in [-0.1, -0.05) is 12.8 Å². The van der Waals surface area contributed by atoms with Crippen LogP contribution in [0.15, 0.2) is 5.10 Å². The summed E-state index contributed by atoms with van der Waals surface area (Å²) >= 11 is 0. The van der Waals surface area contributed by atoms with Gasteiger partial charge in [-0.2, -0.15) is 5.10 Å². The van der Waals surface area contributed by atoms with Crippen LogP contribution in [0, 0.1) is 5.41 Å². The smallest absolute Gasteiger partial charge is 0.330 e. The molecule has 1 aliphatic carbocycles. The van der Waals surface area contributed by atoms with Crippen LogP contribution in [-0.4, -0.2) is 35.9 Å². The van der Waals surface area contributed by atoms with Crippen molar-refractivity contribution < 1.29 is 9.63 Å². The van der Waals surface area contributed by atoms with Gasteiger partial charge in [0.1, 0.15) is 0 Å². The zero-order valence-electron chi connectivity index (χ0n) is 12.9. The van der Waals surface area contributed by atoms with E-state index in [0.29, 0.717) is 6.04 Å². The SMILES string of the molecule is CC(C)(C)C(=O)ON1CCC(=NNC2CCCC2)CC1. The lowest BCUT2D eigenvalue weighted by Gasteiger charge is -2.28. The Morgan fingerprint density at radius 2 is 1.85 bits per heavy atom. The number of hydrogen-bond acceptors (Lipinski definition) is 5. The Hall–Kier alpha value is -1.10. The molecule has 2 aliphatic rings. The van der Waals surface area contributed by atoms with Crippen molar-refractivity contribution >= 4 is 11.7 Å². The molecule has 2 fully saturated rings. The highest BCUT2D eigenvalue weighted by Crippen LogP contribution is 2.19. The summed E-state index contributed by atoms with van der Waals surface area (Å²) in [7, 11) is 0. The lowest BCUT2D eigenvalue weighted by molar-refractivity contribution is -0.200. The number of hydrogen-bond donors (Lipinski definition) is 1. The molecule has 0 bridgehead atoms. The van der Waals surface area contributed by atoms with Crippen LogP contribution in [0.5, 0.6) is 0 Å². The van der Waals surface area contributed by atoms with Crippen LogP contribution in [0.1, 0.15) is 59.3 Å². The molecule has 0 radical (unpaired) electrons. The number of hydroxylamine groups is 2. The summed E-state index contributed by atoms with van der Waals surface area (Å²) in [6.07, 6.45) is 6.87. The van der Waals surface area contributed by atoms with Crippen LogP contribution >= 0.6 is 0 Å². The van der Waals surface area contributed by atoms with Gasteiger partial charge >= 0.3 is 5.97 Å². The van der Waals surface area contributed by atoms with E-state index in [1.165, 1.54) is 31.4 Å². The largest absolute Gasteiger partial charge is 0.367 e. The molecule has 1 aliphatic heterocycles. The molecule has 0 aromatic carbocycles. The Bertz CT molecular complexity index is 358. The molecule has 0 amide bonds. The Kier molecular flexibility index (Phi) is 5.02. The second-order valence-electron chi connectivity index (χ2n) is 6.85. The number of rotatable bonds is 3. The van der Waals surface area contributed by atoms with Crippen molar-refractivity contribution in [1.29, 1.82) is 0 Å². The molecule has 1 heterocycles. The van der Waals surface area contributed by atoms with Gasteiger partial charge in [-0.15, -0.1) is 5.06 Å². The number of nitrogens with zero attached hydrogens (tertiary/aromatic N) is 2. The maximum absolute atomic E-state index is 11.8. The molecule has 5 nitrogen and oxygen atoms in total. The molecule has 5 heteroatoms. The summed E-state index contributed by atoms with van der Waals surface area (Å²) < 4.78 is 0. The average Bonchev–Trinajstić information content (AvgIpc) is 2.90. The fourth-order valence-corrected chi connectivity index (χ4v) is 2.44. The van der Waals surface area contributed by atoms with E-state index in [1.54, 1.807) is 5.06 Å². The molecule has 1 N–H and O–H groups in total. The van der Waals surface area contributed by atoms with E-state index in [0.717, 1.165) is 25.9 Å².